The number of carboxylic acids is 1. The molecule has 0 aromatic heterocycles. The fraction of sp³-hybridized carbons (Fsp3) is 0.333. The maximum atomic E-state index is 11.7. The van der Waals surface area contributed by atoms with Crippen molar-refractivity contribution in [2.45, 2.75) is 6.42 Å². The smallest absolute Gasteiger partial charge is 0.308 e. The predicted molar refractivity (Wildman–Crippen MR) is 61.1 cm³/mol. The molecule has 90 valence electrons. The second kappa shape index (κ2) is 4.45. The Morgan fingerprint density at radius 1 is 1.41 bits per heavy atom. The average Bonchev–Trinajstić information content (AvgIpc) is 2.72. The molecular weight excluding hydrogens is 222 g/mol. The Hall–Kier alpha value is -2.04. The van der Waals surface area contributed by atoms with Crippen LogP contribution in [0.5, 0.6) is 5.75 Å². The van der Waals surface area contributed by atoms with Gasteiger partial charge in [0.2, 0.25) is 5.91 Å². The van der Waals surface area contributed by atoms with E-state index < -0.39 is 11.9 Å². The van der Waals surface area contributed by atoms with Crippen molar-refractivity contribution in [2.24, 2.45) is 5.92 Å². The molecule has 1 heterocycles. The van der Waals surface area contributed by atoms with Gasteiger partial charge in [-0.1, -0.05) is 0 Å². The van der Waals surface area contributed by atoms with Crippen molar-refractivity contribution in [3.05, 3.63) is 24.3 Å². The molecule has 1 aromatic rings. The van der Waals surface area contributed by atoms with Crippen molar-refractivity contribution in [3.8, 4) is 5.75 Å². The van der Waals surface area contributed by atoms with Crippen molar-refractivity contribution in [2.75, 3.05) is 18.6 Å². The summed E-state index contributed by atoms with van der Waals surface area (Å²) in [6, 6.07) is 7.00. The number of amides is 1. The number of aliphatic carboxylic acids is 1. The number of hydrogen-bond donors (Lipinski definition) is 1. The van der Waals surface area contributed by atoms with Crippen LogP contribution < -0.4 is 9.64 Å². The molecule has 0 spiro atoms. The highest BCUT2D eigenvalue weighted by Gasteiger charge is 2.34. The zero-order chi connectivity index (χ0) is 12.4. The van der Waals surface area contributed by atoms with Crippen LogP contribution >= 0.6 is 0 Å². The lowest BCUT2D eigenvalue weighted by molar-refractivity contribution is -0.141. The van der Waals surface area contributed by atoms with Gasteiger partial charge in [-0.2, -0.15) is 0 Å². The molecule has 0 radical (unpaired) electrons. The van der Waals surface area contributed by atoms with E-state index in [0.717, 1.165) is 0 Å². The van der Waals surface area contributed by atoms with Crippen LogP contribution in [0.3, 0.4) is 0 Å². The number of methoxy groups -OCH3 is 1. The summed E-state index contributed by atoms with van der Waals surface area (Å²) in [6.07, 6.45) is 0.0708. The maximum Gasteiger partial charge on any atom is 0.308 e. The molecule has 1 saturated heterocycles. The van der Waals surface area contributed by atoms with Gasteiger partial charge in [0.1, 0.15) is 5.75 Å². The number of anilines is 1. The minimum absolute atomic E-state index is 0.0708. The Bertz CT molecular complexity index is 440. The molecule has 0 aliphatic carbocycles. The number of nitrogens with zero attached hydrogens (tertiary/aromatic N) is 1. The van der Waals surface area contributed by atoms with Gasteiger partial charge in [-0.25, -0.2) is 0 Å². The Morgan fingerprint density at radius 3 is 2.53 bits per heavy atom. The van der Waals surface area contributed by atoms with Crippen LogP contribution in [0.4, 0.5) is 5.69 Å². The number of benzene rings is 1. The Labute approximate surface area is 98.6 Å². The third kappa shape index (κ3) is 2.22. The van der Waals surface area contributed by atoms with Gasteiger partial charge in [0, 0.05) is 18.7 Å². The molecule has 1 fully saturated rings. The van der Waals surface area contributed by atoms with Gasteiger partial charge in [0.05, 0.1) is 13.0 Å². The van der Waals surface area contributed by atoms with Crippen LogP contribution in [-0.2, 0) is 9.59 Å². The van der Waals surface area contributed by atoms with E-state index >= 15 is 0 Å². The summed E-state index contributed by atoms with van der Waals surface area (Å²) in [7, 11) is 1.57. The van der Waals surface area contributed by atoms with E-state index in [1.807, 2.05) is 0 Å². The van der Waals surface area contributed by atoms with Crippen LogP contribution in [0.25, 0.3) is 0 Å². The van der Waals surface area contributed by atoms with E-state index in [1.54, 1.807) is 31.4 Å². The van der Waals surface area contributed by atoms with E-state index in [0.29, 0.717) is 11.4 Å². The normalized spacial score (nSPS) is 19.5. The largest absolute Gasteiger partial charge is 0.497 e. The van der Waals surface area contributed by atoms with Crippen LogP contribution in [0, 0.1) is 5.92 Å². The number of hydrogen-bond acceptors (Lipinski definition) is 3. The number of carboxylic acid groups (broad SMARTS) is 1. The van der Waals surface area contributed by atoms with Gasteiger partial charge < -0.3 is 14.7 Å². The minimum Gasteiger partial charge on any atom is -0.497 e. The molecule has 1 aromatic carbocycles. The molecule has 1 N–H and O–H groups in total. The zero-order valence-corrected chi connectivity index (χ0v) is 9.42. The minimum atomic E-state index is -0.922. The topological polar surface area (TPSA) is 66.8 Å². The fourth-order valence-corrected chi connectivity index (χ4v) is 1.88. The molecule has 1 atom stereocenters. The summed E-state index contributed by atoms with van der Waals surface area (Å²) in [4.78, 5) is 24.0. The molecule has 1 aliphatic heterocycles. The van der Waals surface area contributed by atoms with Crippen molar-refractivity contribution < 1.29 is 19.4 Å². The second-order valence-corrected chi connectivity index (χ2v) is 3.94. The zero-order valence-electron chi connectivity index (χ0n) is 9.42. The van der Waals surface area contributed by atoms with Crippen molar-refractivity contribution in [1.82, 2.24) is 0 Å². The monoisotopic (exact) mass is 235 g/mol. The van der Waals surface area contributed by atoms with Crippen molar-refractivity contribution in [1.29, 1.82) is 0 Å². The van der Waals surface area contributed by atoms with Crippen LogP contribution in [0.2, 0.25) is 0 Å². The summed E-state index contributed by atoms with van der Waals surface area (Å²) in [5.74, 6) is -0.975. The van der Waals surface area contributed by atoms with Crippen LogP contribution in [-0.4, -0.2) is 30.6 Å². The highest BCUT2D eigenvalue weighted by molar-refractivity contribution is 5.99. The van der Waals surface area contributed by atoms with E-state index in [1.165, 1.54) is 4.90 Å². The highest BCUT2D eigenvalue weighted by Crippen LogP contribution is 2.26. The Kier molecular flexibility index (Phi) is 2.99. The van der Waals surface area contributed by atoms with E-state index in [-0.39, 0.29) is 18.9 Å². The molecule has 5 heteroatoms. The maximum absolute atomic E-state index is 11.7. The lowest BCUT2D eigenvalue weighted by Crippen LogP contribution is -2.25. The van der Waals surface area contributed by atoms with Gasteiger partial charge in [0.15, 0.2) is 0 Å². The van der Waals surface area contributed by atoms with Gasteiger partial charge in [-0.3, -0.25) is 9.59 Å². The first-order chi connectivity index (χ1) is 8.11. The van der Waals surface area contributed by atoms with Gasteiger partial charge >= 0.3 is 5.97 Å². The lowest BCUT2D eigenvalue weighted by Gasteiger charge is -2.16. The standard InChI is InChI=1S/C12H13NO4/c1-17-10-4-2-9(3-5-10)13-7-8(12(15)16)6-11(13)14/h2-5,8H,6-7H2,1H3,(H,15,16)/t8-/m0/s1. The quantitative estimate of drug-likeness (QED) is 0.852. The SMILES string of the molecule is COc1ccc(N2C[C@@H](C(=O)O)CC2=O)cc1. The summed E-state index contributed by atoms with van der Waals surface area (Å²) in [5, 5.41) is 8.88. The predicted octanol–water partition coefficient (Wildman–Crippen LogP) is 1.13. The van der Waals surface area contributed by atoms with Crippen molar-refractivity contribution >= 4 is 17.6 Å². The van der Waals surface area contributed by atoms with Gasteiger partial charge in [-0.15, -0.1) is 0 Å². The molecule has 0 bridgehead atoms. The molecule has 0 unspecified atom stereocenters. The Morgan fingerprint density at radius 2 is 2.06 bits per heavy atom. The van der Waals surface area contributed by atoms with Crippen LogP contribution in [0.15, 0.2) is 24.3 Å². The van der Waals surface area contributed by atoms with E-state index in [4.69, 9.17) is 9.84 Å². The molecule has 5 nitrogen and oxygen atoms in total. The first kappa shape index (κ1) is 11.4. The number of ether oxygens (including phenoxy) is 1. The summed E-state index contributed by atoms with van der Waals surface area (Å²) in [5.41, 5.74) is 0.708. The third-order valence-electron chi connectivity index (χ3n) is 2.86. The third-order valence-corrected chi connectivity index (χ3v) is 2.86. The van der Waals surface area contributed by atoms with E-state index in [9.17, 15) is 9.59 Å². The lowest BCUT2D eigenvalue weighted by atomic mass is 10.1. The van der Waals surface area contributed by atoms with Gasteiger partial charge in [-0.05, 0) is 24.3 Å². The number of carbonyl (C=O) groups is 2. The molecular formula is C12H13NO4. The van der Waals surface area contributed by atoms with Crippen LogP contribution in [0.1, 0.15) is 6.42 Å². The van der Waals surface area contributed by atoms with Crippen molar-refractivity contribution in [3.63, 3.8) is 0 Å². The molecule has 0 saturated carbocycles. The average molecular weight is 235 g/mol. The number of carbonyl (C=O) groups excluding carboxylic acids is 1. The second-order valence-electron chi connectivity index (χ2n) is 3.94. The first-order valence-electron chi connectivity index (χ1n) is 5.29. The highest BCUT2D eigenvalue weighted by atomic mass is 16.5. The summed E-state index contributed by atoms with van der Waals surface area (Å²) >= 11 is 0. The van der Waals surface area contributed by atoms with E-state index in [2.05, 4.69) is 0 Å². The summed E-state index contributed by atoms with van der Waals surface area (Å²) < 4.78 is 5.02. The number of rotatable bonds is 3. The first-order valence-corrected chi connectivity index (χ1v) is 5.29. The molecule has 1 amide bonds. The Balaban J connectivity index is 2.17. The fourth-order valence-electron chi connectivity index (χ4n) is 1.88. The molecule has 2 rings (SSSR count). The molecule has 1 aliphatic rings. The van der Waals surface area contributed by atoms with Gasteiger partial charge in [0.25, 0.3) is 0 Å². The molecule has 17 heavy (non-hydrogen) atoms. The summed E-state index contributed by atoms with van der Waals surface area (Å²) in [6.45, 7) is 0.237.